The van der Waals surface area contributed by atoms with E-state index in [0.29, 0.717) is 0 Å². The predicted molar refractivity (Wildman–Crippen MR) is 59.0 cm³/mol. The Labute approximate surface area is 86.3 Å². The third kappa shape index (κ3) is 1.12. The van der Waals surface area contributed by atoms with Gasteiger partial charge in [-0.25, -0.2) is 0 Å². The lowest BCUT2D eigenvalue weighted by atomic mass is 9.86. The van der Waals surface area contributed by atoms with Gasteiger partial charge < -0.3 is 5.32 Å². The summed E-state index contributed by atoms with van der Waals surface area (Å²) in [6, 6.07) is 0.748. The van der Waals surface area contributed by atoms with Gasteiger partial charge >= 0.3 is 0 Å². The summed E-state index contributed by atoms with van der Waals surface area (Å²) in [5.41, 5.74) is 3.00. The third-order valence-electron chi connectivity index (χ3n) is 4.29. The SMILES string of the molecule is C=C(C)C/C=C1/C2CC3CNC1C3C2. The molecule has 14 heavy (non-hydrogen) atoms. The van der Waals surface area contributed by atoms with E-state index in [2.05, 4.69) is 24.9 Å². The van der Waals surface area contributed by atoms with E-state index in [-0.39, 0.29) is 0 Å². The Balaban J connectivity index is 1.82. The molecule has 1 nitrogen and oxygen atoms in total. The van der Waals surface area contributed by atoms with Crippen LogP contribution in [0.5, 0.6) is 0 Å². The lowest BCUT2D eigenvalue weighted by molar-refractivity contribution is 0.439. The van der Waals surface area contributed by atoms with Crippen molar-refractivity contribution in [3.63, 3.8) is 0 Å². The van der Waals surface area contributed by atoms with Crippen LogP contribution in [-0.2, 0) is 0 Å². The molecule has 4 atom stereocenters. The van der Waals surface area contributed by atoms with Crippen LogP contribution in [0.3, 0.4) is 0 Å². The quantitative estimate of drug-likeness (QED) is 0.658. The van der Waals surface area contributed by atoms with E-state index < -0.39 is 0 Å². The molecule has 0 amide bonds. The monoisotopic (exact) mass is 189 g/mol. The van der Waals surface area contributed by atoms with Crippen LogP contribution in [0, 0.1) is 17.8 Å². The van der Waals surface area contributed by atoms with E-state index in [4.69, 9.17) is 0 Å². The lowest BCUT2D eigenvalue weighted by Crippen LogP contribution is -2.26. The zero-order chi connectivity index (χ0) is 9.71. The molecule has 1 heterocycles. The molecule has 2 saturated carbocycles. The minimum atomic E-state index is 0.748. The highest BCUT2D eigenvalue weighted by Crippen LogP contribution is 2.54. The summed E-state index contributed by atoms with van der Waals surface area (Å²) in [4.78, 5) is 0. The number of fused-ring (bicyclic) bond motifs is 1. The fraction of sp³-hybridized carbons (Fsp3) is 0.692. The maximum absolute atomic E-state index is 3.97. The Kier molecular flexibility index (Phi) is 1.85. The second-order valence-corrected chi connectivity index (χ2v) is 5.34. The van der Waals surface area contributed by atoms with Crippen LogP contribution in [0.15, 0.2) is 23.8 Å². The summed E-state index contributed by atoms with van der Waals surface area (Å²) in [6.07, 6.45) is 6.45. The van der Waals surface area contributed by atoms with E-state index in [1.165, 1.54) is 25.0 Å². The van der Waals surface area contributed by atoms with E-state index in [1.54, 1.807) is 5.57 Å². The Morgan fingerprint density at radius 2 is 2.43 bits per heavy atom. The summed E-state index contributed by atoms with van der Waals surface area (Å²) in [5, 5.41) is 3.69. The molecule has 0 aromatic rings. The van der Waals surface area contributed by atoms with Gasteiger partial charge in [0.1, 0.15) is 0 Å². The van der Waals surface area contributed by atoms with Crippen LogP contribution in [-0.4, -0.2) is 12.6 Å². The summed E-state index contributed by atoms with van der Waals surface area (Å²) >= 11 is 0. The van der Waals surface area contributed by atoms with Crippen molar-refractivity contribution in [2.45, 2.75) is 32.2 Å². The van der Waals surface area contributed by atoms with Gasteiger partial charge in [0.05, 0.1) is 0 Å². The summed E-state index contributed by atoms with van der Waals surface area (Å²) in [6.45, 7) is 7.37. The highest BCUT2D eigenvalue weighted by Gasteiger charge is 2.52. The summed E-state index contributed by atoms with van der Waals surface area (Å²) < 4.78 is 0. The first-order valence-corrected chi connectivity index (χ1v) is 5.83. The Bertz CT molecular complexity index is 300. The Morgan fingerprint density at radius 1 is 1.57 bits per heavy atom. The molecule has 1 heteroatoms. The molecule has 3 aliphatic rings. The van der Waals surface area contributed by atoms with Crippen molar-refractivity contribution in [2.24, 2.45) is 17.8 Å². The van der Waals surface area contributed by atoms with Gasteiger partial charge in [0.25, 0.3) is 0 Å². The third-order valence-corrected chi connectivity index (χ3v) is 4.29. The summed E-state index contributed by atoms with van der Waals surface area (Å²) in [7, 11) is 0. The first-order chi connectivity index (χ1) is 6.75. The number of nitrogens with one attached hydrogen (secondary N) is 1. The maximum atomic E-state index is 3.97. The first-order valence-electron chi connectivity index (χ1n) is 5.83. The number of hydrogen-bond acceptors (Lipinski definition) is 1. The van der Waals surface area contributed by atoms with Crippen molar-refractivity contribution in [1.29, 1.82) is 0 Å². The van der Waals surface area contributed by atoms with E-state index in [9.17, 15) is 0 Å². The van der Waals surface area contributed by atoms with Crippen LogP contribution in [0.2, 0.25) is 0 Å². The number of hydrogen-bond donors (Lipinski definition) is 1. The molecule has 0 aromatic heterocycles. The highest BCUT2D eigenvalue weighted by molar-refractivity contribution is 5.30. The molecule has 1 aliphatic heterocycles. The minimum absolute atomic E-state index is 0.748. The molecule has 0 radical (unpaired) electrons. The normalized spacial score (nSPS) is 46.5. The van der Waals surface area contributed by atoms with Gasteiger partial charge in [0.15, 0.2) is 0 Å². The molecule has 3 rings (SSSR count). The molecule has 0 spiro atoms. The van der Waals surface area contributed by atoms with Crippen molar-refractivity contribution in [3.8, 4) is 0 Å². The predicted octanol–water partition coefficient (Wildman–Crippen LogP) is 2.51. The van der Waals surface area contributed by atoms with E-state index in [0.717, 1.165) is 30.2 Å². The minimum Gasteiger partial charge on any atom is -0.310 e. The molecule has 4 unspecified atom stereocenters. The fourth-order valence-corrected chi connectivity index (χ4v) is 3.71. The van der Waals surface area contributed by atoms with Crippen molar-refractivity contribution in [3.05, 3.63) is 23.8 Å². The number of allylic oxidation sites excluding steroid dienone is 2. The molecule has 3 fully saturated rings. The summed E-state index contributed by atoms with van der Waals surface area (Å²) in [5.74, 6) is 2.91. The van der Waals surface area contributed by atoms with Crippen molar-refractivity contribution in [2.75, 3.05) is 6.54 Å². The second kappa shape index (κ2) is 2.96. The molecule has 1 N–H and O–H groups in total. The molecule has 1 saturated heterocycles. The molecule has 76 valence electrons. The van der Waals surface area contributed by atoms with Gasteiger partial charge in [0, 0.05) is 6.04 Å². The van der Waals surface area contributed by atoms with Crippen molar-refractivity contribution < 1.29 is 0 Å². The Morgan fingerprint density at radius 3 is 3.21 bits per heavy atom. The highest BCUT2D eigenvalue weighted by atomic mass is 15.0. The van der Waals surface area contributed by atoms with Crippen LogP contribution in [0.1, 0.15) is 26.2 Å². The van der Waals surface area contributed by atoms with Crippen LogP contribution in [0.4, 0.5) is 0 Å². The lowest BCUT2D eigenvalue weighted by Gasteiger charge is -2.20. The van der Waals surface area contributed by atoms with E-state index >= 15 is 0 Å². The maximum Gasteiger partial charge on any atom is 0.0314 e. The van der Waals surface area contributed by atoms with Crippen molar-refractivity contribution in [1.82, 2.24) is 5.32 Å². The topological polar surface area (TPSA) is 12.0 Å². The smallest absolute Gasteiger partial charge is 0.0314 e. The van der Waals surface area contributed by atoms with Crippen LogP contribution < -0.4 is 5.32 Å². The molecule has 2 bridgehead atoms. The van der Waals surface area contributed by atoms with Crippen LogP contribution in [0.25, 0.3) is 0 Å². The van der Waals surface area contributed by atoms with Gasteiger partial charge in [-0.2, -0.15) is 0 Å². The van der Waals surface area contributed by atoms with Gasteiger partial charge in [-0.1, -0.05) is 23.8 Å². The molecule has 0 aromatic carbocycles. The van der Waals surface area contributed by atoms with Crippen molar-refractivity contribution >= 4 is 0 Å². The fourth-order valence-electron chi connectivity index (χ4n) is 3.71. The average molecular weight is 189 g/mol. The Hall–Kier alpha value is -0.560. The average Bonchev–Trinajstić information content (AvgIpc) is 2.70. The second-order valence-electron chi connectivity index (χ2n) is 5.34. The number of rotatable bonds is 2. The largest absolute Gasteiger partial charge is 0.310 e. The van der Waals surface area contributed by atoms with Gasteiger partial charge in [-0.05, 0) is 50.5 Å². The molecular formula is C13H19N. The zero-order valence-corrected chi connectivity index (χ0v) is 8.92. The van der Waals surface area contributed by atoms with Crippen LogP contribution >= 0.6 is 0 Å². The van der Waals surface area contributed by atoms with Gasteiger partial charge in [0.2, 0.25) is 0 Å². The van der Waals surface area contributed by atoms with E-state index in [1.807, 2.05) is 0 Å². The van der Waals surface area contributed by atoms with Gasteiger partial charge in [-0.3, -0.25) is 0 Å². The zero-order valence-electron chi connectivity index (χ0n) is 8.92. The van der Waals surface area contributed by atoms with Gasteiger partial charge in [-0.15, -0.1) is 0 Å². The standard InChI is InChI=1S/C13H19N/c1-8(2)3-4-11-9-5-10-7-14-13(11)12(10)6-9/h4,9-10,12-14H,1,3,5-7H2,2H3/b11-4-. The molecule has 2 aliphatic carbocycles. The molecular weight excluding hydrogens is 170 g/mol. The first kappa shape index (κ1) is 8.72.